The minimum absolute atomic E-state index is 0.0669. The number of nitrogens with zero attached hydrogens (tertiary/aromatic N) is 1. The van der Waals surface area contributed by atoms with Gasteiger partial charge in [0.05, 0.1) is 12.8 Å². The number of carbonyl (C=O) groups excluding carboxylic acids is 2. The highest BCUT2D eigenvalue weighted by atomic mass is 35.5. The van der Waals surface area contributed by atoms with Gasteiger partial charge >= 0.3 is 0 Å². The number of hydrogen-bond donors (Lipinski definition) is 1. The molecule has 3 aromatic rings. The summed E-state index contributed by atoms with van der Waals surface area (Å²) in [5.41, 5.74) is 3.42. The molecule has 2 aromatic carbocycles. The molecule has 0 bridgehead atoms. The van der Waals surface area contributed by atoms with E-state index in [1.54, 1.807) is 12.1 Å². The van der Waals surface area contributed by atoms with E-state index in [2.05, 4.69) is 19.2 Å². The summed E-state index contributed by atoms with van der Waals surface area (Å²) in [5.74, 6) is 0.0419. The molecular formula is C27H27ClN2O4. The maximum absolute atomic E-state index is 13.6. The number of halogens is 1. The van der Waals surface area contributed by atoms with Gasteiger partial charge in [-0.05, 0) is 61.1 Å². The number of methoxy groups -OCH3 is 1. The summed E-state index contributed by atoms with van der Waals surface area (Å²) in [7, 11) is 1.47. The van der Waals surface area contributed by atoms with Crippen LogP contribution in [0.15, 0.2) is 47.3 Å². The molecule has 0 spiro atoms. The van der Waals surface area contributed by atoms with Crippen molar-refractivity contribution in [1.82, 2.24) is 4.57 Å². The fourth-order valence-corrected chi connectivity index (χ4v) is 4.41. The maximum Gasteiger partial charge on any atom is 0.268 e. The number of carbonyl (C=O) groups is 2. The predicted octanol–water partition coefficient (Wildman–Crippen LogP) is 5.70. The van der Waals surface area contributed by atoms with Gasteiger partial charge in [-0.1, -0.05) is 37.6 Å². The zero-order valence-electron chi connectivity index (χ0n) is 19.7. The second kappa shape index (κ2) is 9.47. The average molecular weight is 479 g/mol. The van der Waals surface area contributed by atoms with Crippen molar-refractivity contribution in [2.75, 3.05) is 12.4 Å². The Balaban J connectivity index is 1.84. The third kappa shape index (κ3) is 4.38. The highest BCUT2D eigenvalue weighted by molar-refractivity contribution is 6.31. The van der Waals surface area contributed by atoms with Crippen LogP contribution in [0.3, 0.4) is 0 Å². The van der Waals surface area contributed by atoms with Crippen molar-refractivity contribution < 1.29 is 14.3 Å². The van der Waals surface area contributed by atoms with Crippen LogP contribution >= 0.6 is 11.6 Å². The summed E-state index contributed by atoms with van der Waals surface area (Å²) >= 11 is 6.17. The first-order chi connectivity index (χ1) is 16.2. The molecule has 0 radical (unpaired) electrons. The molecular weight excluding hydrogens is 452 g/mol. The summed E-state index contributed by atoms with van der Waals surface area (Å²) < 4.78 is 6.85. The normalized spacial score (nSPS) is 13.1. The second-order valence-corrected chi connectivity index (χ2v) is 9.24. The average Bonchev–Trinajstić information content (AvgIpc) is 2.81. The number of aromatic nitrogens is 1. The van der Waals surface area contributed by atoms with E-state index in [1.807, 2.05) is 31.2 Å². The molecule has 176 valence electrons. The molecule has 34 heavy (non-hydrogen) atoms. The zero-order chi connectivity index (χ0) is 24.6. The molecule has 0 saturated carbocycles. The van der Waals surface area contributed by atoms with Gasteiger partial charge < -0.3 is 10.1 Å². The largest absolute Gasteiger partial charge is 0.495 e. The van der Waals surface area contributed by atoms with Gasteiger partial charge in [-0.3, -0.25) is 19.0 Å². The quantitative estimate of drug-likeness (QED) is 0.510. The van der Waals surface area contributed by atoms with Crippen LogP contribution < -0.4 is 15.6 Å². The van der Waals surface area contributed by atoms with Gasteiger partial charge in [0.25, 0.3) is 11.5 Å². The highest BCUT2D eigenvalue weighted by Gasteiger charge is 2.26. The van der Waals surface area contributed by atoms with Gasteiger partial charge in [0.1, 0.15) is 11.3 Å². The van der Waals surface area contributed by atoms with Gasteiger partial charge in [0.15, 0.2) is 5.78 Å². The highest BCUT2D eigenvalue weighted by Crippen LogP contribution is 2.31. The topological polar surface area (TPSA) is 77.4 Å². The number of nitrogens with one attached hydrogen (secondary N) is 1. The van der Waals surface area contributed by atoms with E-state index in [4.69, 9.17) is 16.3 Å². The molecule has 7 heteroatoms. The lowest BCUT2D eigenvalue weighted by Crippen LogP contribution is -2.33. The Bertz CT molecular complexity index is 1340. The number of ether oxygens (including phenoxy) is 1. The Hall–Kier alpha value is -3.38. The van der Waals surface area contributed by atoms with E-state index in [9.17, 15) is 14.4 Å². The van der Waals surface area contributed by atoms with E-state index in [-0.39, 0.29) is 11.3 Å². The Morgan fingerprint density at radius 1 is 1.09 bits per heavy atom. The standard InChI is InChI=1S/C27H27ClN2O4/c1-15(2)17-8-10-18(11-9-17)30-23-6-5-7-24(31)19(23)13-20(27(30)33)26(32)29-22-12-16(3)21(28)14-25(22)34-4/h8-15H,5-7H2,1-4H3,(H,29,32). The van der Waals surface area contributed by atoms with Crippen molar-refractivity contribution in [2.45, 2.75) is 46.0 Å². The SMILES string of the molecule is COc1cc(Cl)c(C)cc1NC(=O)c1cc2c(n(-c3ccc(C(C)C)cc3)c1=O)CCCC2=O. The monoisotopic (exact) mass is 478 g/mol. The number of aryl methyl sites for hydroxylation is 1. The Labute approximate surface area is 203 Å². The molecule has 1 heterocycles. The van der Waals surface area contributed by atoms with Crippen molar-refractivity contribution in [1.29, 1.82) is 0 Å². The molecule has 0 aliphatic heterocycles. The number of rotatable bonds is 5. The van der Waals surface area contributed by atoms with Crippen LogP contribution in [0.25, 0.3) is 5.69 Å². The van der Waals surface area contributed by atoms with Crippen LogP contribution in [-0.2, 0) is 6.42 Å². The van der Waals surface area contributed by atoms with Crippen molar-refractivity contribution in [2.24, 2.45) is 0 Å². The molecule has 4 rings (SSSR count). The number of benzene rings is 2. The molecule has 1 aliphatic carbocycles. The first kappa shape index (κ1) is 23.8. The summed E-state index contributed by atoms with van der Waals surface area (Å²) in [4.78, 5) is 39.7. The third-order valence-electron chi connectivity index (χ3n) is 6.21. The van der Waals surface area contributed by atoms with Gasteiger partial charge in [-0.25, -0.2) is 0 Å². The van der Waals surface area contributed by atoms with Crippen molar-refractivity contribution in [3.05, 3.63) is 85.8 Å². The number of fused-ring (bicyclic) bond motifs is 1. The molecule has 1 aliphatic rings. The molecule has 1 amide bonds. The number of amides is 1. The number of ketones is 1. The van der Waals surface area contributed by atoms with Crippen LogP contribution in [-0.4, -0.2) is 23.4 Å². The molecule has 0 saturated heterocycles. The van der Waals surface area contributed by atoms with Crippen molar-refractivity contribution >= 4 is 29.0 Å². The van der Waals surface area contributed by atoms with E-state index < -0.39 is 11.5 Å². The predicted molar refractivity (Wildman–Crippen MR) is 134 cm³/mol. The van der Waals surface area contributed by atoms with Crippen LogP contribution in [0.2, 0.25) is 5.02 Å². The van der Waals surface area contributed by atoms with E-state index >= 15 is 0 Å². The van der Waals surface area contributed by atoms with Gasteiger partial charge in [0.2, 0.25) is 0 Å². The minimum atomic E-state index is -0.612. The Kier molecular flexibility index (Phi) is 6.62. The molecule has 0 atom stereocenters. The van der Waals surface area contributed by atoms with Gasteiger partial charge in [0, 0.05) is 34.5 Å². The molecule has 6 nitrogen and oxygen atoms in total. The van der Waals surface area contributed by atoms with Gasteiger partial charge in [-0.2, -0.15) is 0 Å². The van der Waals surface area contributed by atoms with Crippen molar-refractivity contribution in [3.63, 3.8) is 0 Å². The fraction of sp³-hybridized carbons (Fsp3) is 0.296. The fourth-order valence-electron chi connectivity index (χ4n) is 4.26. The second-order valence-electron chi connectivity index (χ2n) is 8.84. The molecule has 1 N–H and O–H groups in total. The Morgan fingerprint density at radius 3 is 2.44 bits per heavy atom. The zero-order valence-corrected chi connectivity index (χ0v) is 20.5. The first-order valence-electron chi connectivity index (χ1n) is 11.3. The number of pyridine rings is 1. The van der Waals surface area contributed by atoms with Crippen LogP contribution in [0.1, 0.15) is 70.1 Å². The molecule has 1 aromatic heterocycles. The molecule has 0 unspecified atom stereocenters. The lowest BCUT2D eigenvalue weighted by Gasteiger charge is -2.22. The summed E-state index contributed by atoms with van der Waals surface area (Å²) in [6.45, 7) is 6.00. The van der Waals surface area contributed by atoms with E-state index in [1.165, 1.54) is 17.7 Å². The van der Waals surface area contributed by atoms with E-state index in [0.29, 0.717) is 58.6 Å². The summed E-state index contributed by atoms with van der Waals surface area (Å²) in [5, 5.41) is 3.27. The summed E-state index contributed by atoms with van der Waals surface area (Å²) in [6.07, 6.45) is 1.65. The number of Topliss-reactive ketones (excluding diaryl/α,β-unsaturated/α-hetero) is 1. The minimum Gasteiger partial charge on any atom is -0.495 e. The van der Waals surface area contributed by atoms with Crippen LogP contribution in [0, 0.1) is 6.92 Å². The lowest BCUT2D eigenvalue weighted by molar-refractivity contribution is 0.0971. The molecule has 0 fully saturated rings. The third-order valence-corrected chi connectivity index (χ3v) is 6.62. The first-order valence-corrected chi connectivity index (χ1v) is 11.7. The van der Waals surface area contributed by atoms with Crippen molar-refractivity contribution in [3.8, 4) is 11.4 Å². The Morgan fingerprint density at radius 2 is 1.79 bits per heavy atom. The van der Waals surface area contributed by atoms with Crippen LogP contribution in [0.4, 0.5) is 5.69 Å². The lowest BCUT2D eigenvalue weighted by atomic mass is 9.92. The van der Waals surface area contributed by atoms with Crippen LogP contribution in [0.5, 0.6) is 5.75 Å². The van der Waals surface area contributed by atoms with E-state index in [0.717, 1.165) is 11.1 Å². The number of hydrogen-bond acceptors (Lipinski definition) is 4. The summed E-state index contributed by atoms with van der Waals surface area (Å²) in [6, 6.07) is 12.4. The smallest absolute Gasteiger partial charge is 0.268 e. The number of anilines is 1. The maximum atomic E-state index is 13.6. The van der Waals surface area contributed by atoms with Gasteiger partial charge in [-0.15, -0.1) is 0 Å².